The first-order valence-electron chi connectivity index (χ1n) is 6.82. The minimum Gasteiger partial charge on any atom is -0.392 e. The molecule has 2 rings (SSSR count). The SMILES string of the molecule is CN1CCC(N(C)S(=O)(=O)c2ccccc2CO)CC1. The van der Waals surface area contributed by atoms with Crippen LogP contribution in [0.5, 0.6) is 0 Å². The molecule has 1 aliphatic heterocycles. The molecule has 1 aliphatic rings. The largest absolute Gasteiger partial charge is 0.392 e. The van der Waals surface area contributed by atoms with E-state index in [0.29, 0.717) is 5.56 Å². The zero-order valence-electron chi connectivity index (χ0n) is 12.0. The summed E-state index contributed by atoms with van der Waals surface area (Å²) >= 11 is 0. The lowest BCUT2D eigenvalue weighted by atomic mass is 10.1. The highest BCUT2D eigenvalue weighted by molar-refractivity contribution is 7.89. The third-order valence-corrected chi connectivity index (χ3v) is 6.01. The summed E-state index contributed by atoms with van der Waals surface area (Å²) < 4.78 is 26.9. The quantitative estimate of drug-likeness (QED) is 0.897. The summed E-state index contributed by atoms with van der Waals surface area (Å²) in [6.45, 7) is 1.55. The highest BCUT2D eigenvalue weighted by atomic mass is 32.2. The van der Waals surface area contributed by atoms with Crippen molar-refractivity contribution in [1.29, 1.82) is 0 Å². The zero-order chi connectivity index (χ0) is 14.8. The molecule has 6 heteroatoms. The fourth-order valence-electron chi connectivity index (χ4n) is 2.60. The van der Waals surface area contributed by atoms with Gasteiger partial charge in [0.15, 0.2) is 0 Å². The van der Waals surface area contributed by atoms with Crippen molar-refractivity contribution in [3.63, 3.8) is 0 Å². The fraction of sp³-hybridized carbons (Fsp3) is 0.571. The zero-order valence-corrected chi connectivity index (χ0v) is 12.8. The number of benzene rings is 1. The van der Waals surface area contributed by atoms with Gasteiger partial charge in [0, 0.05) is 13.1 Å². The van der Waals surface area contributed by atoms with Crippen molar-refractivity contribution in [1.82, 2.24) is 9.21 Å². The second-order valence-electron chi connectivity index (χ2n) is 5.32. The average molecular weight is 298 g/mol. The van der Waals surface area contributed by atoms with Crippen molar-refractivity contribution < 1.29 is 13.5 Å². The Morgan fingerprint density at radius 3 is 2.50 bits per heavy atom. The van der Waals surface area contributed by atoms with Gasteiger partial charge >= 0.3 is 0 Å². The number of piperidine rings is 1. The minimum absolute atomic E-state index is 0.0305. The Hall–Kier alpha value is -0.950. The highest BCUT2D eigenvalue weighted by Crippen LogP contribution is 2.24. The first-order valence-corrected chi connectivity index (χ1v) is 8.26. The van der Waals surface area contributed by atoms with Gasteiger partial charge in [0.2, 0.25) is 10.0 Å². The van der Waals surface area contributed by atoms with Crippen LogP contribution < -0.4 is 0 Å². The number of aliphatic hydroxyl groups excluding tert-OH is 1. The van der Waals surface area contributed by atoms with Gasteiger partial charge < -0.3 is 10.0 Å². The van der Waals surface area contributed by atoms with Crippen molar-refractivity contribution in [3.8, 4) is 0 Å². The first-order chi connectivity index (χ1) is 9.46. The van der Waals surface area contributed by atoms with Crippen LogP contribution >= 0.6 is 0 Å². The number of hydrogen-bond donors (Lipinski definition) is 1. The summed E-state index contributed by atoms with van der Waals surface area (Å²) in [5, 5.41) is 9.32. The fourth-order valence-corrected chi connectivity index (χ4v) is 4.22. The highest BCUT2D eigenvalue weighted by Gasteiger charge is 2.31. The molecule has 1 fully saturated rings. The molecule has 0 atom stereocenters. The van der Waals surface area contributed by atoms with Crippen LogP contribution in [0.15, 0.2) is 29.2 Å². The molecular formula is C14H22N2O3S. The summed E-state index contributed by atoms with van der Waals surface area (Å²) in [5.74, 6) is 0. The molecule has 0 unspecified atom stereocenters. The first kappa shape index (κ1) is 15.4. The molecule has 1 N–H and O–H groups in total. The lowest BCUT2D eigenvalue weighted by Gasteiger charge is -2.34. The van der Waals surface area contributed by atoms with Crippen molar-refractivity contribution in [2.45, 2.75) is 30.4 Å². The Balaban J connectivity index is 2.25. The van der Waals surface area contributed by atoms with E-state index >= 15 is 0 Å². The molecule has 0 amide bonds. The second kappa shape index (κ2) is 6.22. The van der Waals surface area contributed by atoms with Gasteiger partial charge in [-0.3, -0.25) is 0 Å². The molecule has 0 spiro atoms. The van der Waals surface area contributed by atoms with Crippen molar-refractivity contribution >= 4 is 10.0 Å². The van der Waals surface area contributed by atoms with E-state index in [9.17, 15) is 13.5 Å². The molecule has 0 saturated carbocycles. The van der Waals surface area contributed by atoms with Gasteiger partial charge in [-0.05, 0) is 44.6 Å². The topological polar surface area (TPSA) is 60.9 Å². The second-order valence-corrected chi connectivity index (χ2v) is 7.29. The van der Waals surface area contributed by atoms with Gasteiger partial charge in [0.05, 0.1) is 11.5 Å². The minimum atomic E-state index is -3.54. The molecule has 5 nitrogen and oxygen atoms in total. The molecule has 112 valence electrons. The monoisotopic (exact) mass is 298 g/mol. The Labute approximate surface area is 120 Å². The smallest absolute Gasteiger partial charge is 0.243 e. The third-order valence-electron chi connectivity index (χ3n) is 4.00. The van der Waals surface area contributed by atoms with Crippen LogP contribution in [0.1, 0.15) is 18.4 Å². The maximum absolute atomic E-state index is 12.7. The van der Waals surface area contributed by atoms with E-state index in [0.717, 1.165) is 25.9 Å². The summed E-state index contributed by atoms with van der Waals surface area (Å²) in [5.41, 5.74) is 0.451. The van der Waals surface area contributed by atoms with E-state index in [1.165, 1.54) is 4.31 Å². The Morgan fingerprint density at radius 2 is 1.90 bits per heavy atom. The normalized spacial score (nSPS) is 18.6. The predicted octanol–water partition coefficient (Wildman–Crippen LogP) is 0.894. The number of nitrogens with zero attached hydrogens (tertiary/aromatic N) is 2. The standard InChI is InChI=1S/C14H22N2O3S/c1-15-9-7-13(8-10-15)16(2)20(18,19)14-6-4-3-5-12(14)11-17/h3-6,13,17H,7-11H2,1-2H3. The summed E-state index contributed by atoms with van der Waals surface area (Å²) in [4.78, 5) is 2.42. The Bertz CT molecular complexity index is 551. The summed E-state index contributed by atoms with van der Waals surface area (Å²) in [6, 6.07) is 6.67. The van der Waals surface area contributed by atoms with E-state index in [1.807, 2.05) is 7.05 Å². The van der Waals surface area contributed by atoms with Gasteiger partial charge in [-0.25, -0.2) is 8.42 Å². The molecule has 20 heavy (non-hydrogen) atoms. The number of likely N-dealkylation sites (tertiary alicyclic amines) is 1. The lowest BCUT2D eigenvalue weighted by molar-refractivity contribution is 0.197. The maximum atomic E-state index is 12.7. The van der Waals surface area contributed by atoms with Crippen LogP contribution in [0, 0.1) is 0 Å². The van der Waals surface area contributed by atoms with Gasteiger partial charge in [-0.1, -0.05) is 18.2 Å². The molecule has 1 aromatic rings. The van der Waals surface area contributed by atoms with E-state index in [4.69, 9.17) is 0 Å². The van der Waals surface area contributed by atoms with Crippen LogP contribution in [0.4, 0.5) is 0 Å². The van der Waals surface area contributed by atoms with Crippen LogP contribution in [-0.2, 0) is 16.6 Å². The van der Waals surface area contributed by atoms with Crippen LogP contribution in [0.3, 0.4) is 0 Å². The molecule has 0 bridgehead atoms. The Kier molecular flexibility index (Phi) is 4.80. The van der Waals surface area contributed by atoms with Crippen molar-refractivity contribution in [2.75, 3.05) is 27.2 Å². The number of aliphatic hydroxyl groups is 1. The van der Waals surface area contributed by atoms with Crippen LogP contribution in [-0.4, -0.2) is 56.0 Å². The molecular weight excluding hydrogens is 276 g/mol. The predicted molar refractivity (Wildman–Crippen MR) is 77.8 cm³/mol. The Morgan fingerprint density at radius 1 is 1.30 bits per heavy atom. The maximum Gasteiger partial charge on any atom is 0.243 e. The van der Waals surface area contributed by atoms with E-state index < -0.39 is 10.0 Å². The van der Waals surface area contributed by atoms with E-state index in [2.05, 4.69) is 4.90 Å². The van der Waals surface area contributed by atoms with E-state index in [-0.39, 0.29) is 17.5 Å². The average Bonchev–Trinajstić information content (AvgIpc) is 2.47. The summed E-state index contributed by atoms with van der Waals surface area (Å²) in [6.07, 6.45) is 1.68. The third kappa shape index (κ3) is 3.03. The van der Waals surface area contributed by atoms with Gasteiger partial charge in [-0.15, -0.1) is 0 Å². The molecule has 1 heterocycles. The number of hydrogen-bond acceptors (Lipinski definition) is 4. The van der Waals surface area contributed by atoms with Gasteiger partial charge in [0.25, 0.3) is 0 Å². The van der Waals surface area contributed by atoms with Gasteiger partial charge in [0.1, 0.15) is 0 Å². The number of sulfonamides is 1. The van der Waals surface area contributed by atoms with E-state index in [1.54, 1.807) is 31.3 Å². The van der Waals surface area contributed by atoms with Gasteiger partial charge in [-0.2, -0.15) is 4.31 Å². The summed E-state index contributed by atoms with van der Waals surface area (Å²) in [7, 11) is 0.142. The molecule has 1 saturated heterocycles. The van der Waals surface area contributed by atoms with Crippen LogP contribution in [0.2, 0.25) is 0 Å². The molecule has 0 radical (unpaired) electrons. The van der Waals surface area contributed by atoms with Crippen molar-refractivity contribution in [2.24, 2.45) is 0 Å². The molecule has 1 aromatic carbocycles. The van der Waals surface area contributed by atoms with Crippen LogP contribution in [0.25, 0.3) is 0 Å². The molecule has 0 aliphatic carbocycles. The lowest BCUT2D eigenvalue weighted by Crippen LogP contribution is -2.44. The molecule has 0 aromatic heterocycles. The van der Waals surface area contributed by atoms with Crippen molar-refractivity contribution in [3.05, 3.63) is 29.8 Å². The number of rotatable bonds is 4.